The van der Waals surface area contributed by atoms with E-state index in [4.69, 9.17) is 40.1 Å². The fraction of sp³-hybridized carbons (Fsp3) is 0.0500. The molecule has 0 spiro atoms. The van der Waals surface area contributed by atoms with Gasteiger partial charge in [0.05, 0.1) is 39.0 Å². The summed E-state index contributed by atoms with van der Waals surface area (Å²) < 4.78 is 14.2. The summed E-state index contributed by atoms with van der Waals surface area (Å²) in [4.78, 5) is 16.9. The highest BCUT2D eigenvalue weighted by atomic mass is 35.5. The highest BCUT2D eigenvalue weighted by Crippen LogP contribution is 2.29. The normalized spacial score (nSPS) is 11.5. The smallest absolute Gasteiger partial charge is 0.255 e. The molecule has 1 amide bonds. The summed E-state index contributed by atoms with van der Waals surface area (Å²) in [6.07, 6.45) is 1.40. The van der Waals surface area contributed by atoms with Crippen molar-refractivity contribution in [3.05, 3.63) is 98.0 Å². The van der Waals surface area contributed by atoms with E-state index in [-0.39, 0.29) is 16.1 Å². The first-order valence-electron chi connectivity index (χ1n) is 7.96. The van der Waals surface area contributed by atoms with Gasteiger partial charge in [0.1, 0.15) is 5.82 Å². The van der Waals surface area contributed by atoms with E-state index in [1.54, 1.807) is 24.3 Å². The molecule has 4 nitrogen and oxygen atoms in total. The zero-order valence-electron chi connectivity index (χ0n) is 14.1. The lowest BCUT2D eigenvalue weighted by molar-refractivity contribution is 0.0938. The molecule has 8 heteroatoms. The number of aromatic nitrogens is 1. The predicted octanol–water partition coefficient (Wildman–Crippen LogP) is 5.57. The van der Waals surface area contributed by atoms with E-state index in [1.807, 2.05) is 6.07 Å². The highest BCUT2D eigenvalue weighted by molar-refractivity contribution is 6.34. The van der Waals surface area contributed by atoms with Gasteiger partial charge in [0.2, 0.25) is 0 Å². The number of nitrogens with one attached hydrogen (secondary N) is 1. The number of hydrogen-bond acceptors (Lipinski definition) is 3. The van der Waals surface area contributed by atoms with Crippen LogP contribution in [0.1, 0.15) is 33.2 Å². The molecule has 0 aliphatic carbocycles. The lowest BCUT2D eigenvalue weighted by Gasteiger charge is -2.20. The van der Waals surface area contributed by atoms with Crippen molar-refractivity contribution >= 4 is 40.7 Å². The minimum Gasteiger partial charge on any atom is -0.339 e. The van der Waals surface area contributed by atoms with Gasteiger partial charge in [-0.1, -0.05) is 46.9 Å². The molecule has 28 heavy (non-hydrogen) atoms. The average molecular weight is 435 g/mol. The van der Waals surface area contributed by atoms with Gasteiger partial charge in [0.25, 0.3) is 5.91 Å². The molecular weight excluding hydrogens is 424 g/mol. The average Bonchev–Trinajstić information content (AvgIpc) is 2.67. The Morgan fingerprint density at radius 2 is 1.79 bits per heavy atom. The molecule has 0 aliphatic heterocycles. The lowest BCUT2D eigenvalue weighted by Crippen LogP contribution is -2.30. The Labute approximate surface area is 175 Å². The first-order chi connectivity index (χ1) is 13.4. The number of carbonyl (C=O) groups excluding carboxylic acids is 1. The van der Waals surface area contributed by atoms with Crippen LogP contribution in [0.15, 0.2) is 54.7 Å². The number of amides is 1. The maximum atomic E-state index is 14.2. The Morgan fingerprint density at radius 1 is 1.07 bits per heavy atom. The van der Waals surface area contributed by atoms with Crippen LogP contribution < -0.4 is 5.32 Å². The van der Waals surface area contributed by atoms with Crippen LogP contribution in [0, 0.1) is 17.1 Å². The Hall–Kier alpha value is -2.65. The summed E-state index contributed by atoms with van der Waals surface area (Å²) in [5.41, 5.74) is 0.896. The second-order valence-electron chi connectivity index (χ2n) is 5.79. The molecule has 0 fully saturated rings. The molecule has 1 aromatic heterocycles. The second-order valence-corrected chi connectivity index (χ2v) is 7.07. The van der Waals surface area contributed by atoms with Crippen LogP contribution in [-0.4, -0.2) is 10.9 Å². The van der Waals surface area contributed by atoms with Crippen LogP contribution >= 0.6 is 34.8 Å². The SMILES string of the molecule is N#Cc1ccc(C(=O)N[C@@H](c2ccc(Cl)cc2)c2ncc(Cl)cc2Cl)c(F)c1. The highest BCUT2D eigenvalue weighted by Gasteiger charge is 2.23. The van der Waals surface area contributed by atoms with Gasteiger partial charge < -0.3 is 5.32 Å². The van der Waals surface area contributed by atoms with Crippen molar-refractivity contribution in [2.45, 2.75) is 6.04 Å². The molecule has 140 valence electrons. The first-order valence-corrected chi connectivity index (χ1v) is 9.09. The fourth-order valence-electron chi connectivity index (χ4n) is 2.58. The Kier molecular flexibility index (Phi) is 6.15. The standard InChI is InChI=1S/C20H11Cl3FN3O/c21-13-4-2-12(3-5-13)18(19-16(23)8-14(22)10-26-19)27-20(28)15-6-1-11(9-25)7-17(15)24/h1-8,10,18H,(H,27,28)/t18-/m0/s1. The monoisotopic (exact) mass is 433 g/mol. The van der Waals surface area contributed by atoms with Crippen molar-refractivity contribution in [3.8, 4) is 6.07 Å². The third kappa shape index (κ3) is 4.42. The molecule has 0 radical (unpaired) electrons. The predicted molar refractivity (Wildman–Crippen MR) is 106 cm³/mol. The summed E-state index contributed by atoms with van der Waals surface area (Å²) in [7, 11) is 0. The molecule has 2 aromatic carbocycles. The largest absolute Gasteiger partial charge is 0.339 e. The van der Waals surface area contributed by atoms with Crippen LogP contribution in [0.5, 0.6) is 0 Å². The number of halogens is 4. The zero-order chi connectivity index (χ0) is 20.3. The van der Waals surface area contributed by atoms with Crippen molar-refractivity contribution in [1.29, 1.82) is 5.26 Å². The topological polar surface area (TPSA) is 65.8 Å². The Morgan fingerprint density at radius 3 is 2.39 bits per heavy atom. The minimum atomic E-state index is -0.804. The number of rotatable bonds is 4. The molecule has 0 bridgehead atoms. The van der Waals surface area contributed by atoms with Gasteiger partial charge in [-0.05, 0) is 42.0 Å². The molecular formula is C20H11Cl3FN3O. The molecule has 3 aromatic rings. The van der Waals surface area contributed by atoms with E-state index in [0.717, 1.165) is 6.07 Å². The minimum absolute atomic E-state index is 0.116. The van der Waals surface area contributed by atoms with Gasteiger partial charge in [-0.2, -0.15) is 5.26 Å². The van der Waals surface area contributed by atoms with Crippen molar-refractivity contribution in [1.82, 2.24) is 10.3 Å². The van der Waals surface area contributed by atoms with Crippen molar-refractivity contribution < 1.29 is 9.18 Å². The van der Waals surface area contributed by atoms with Gasteiger partial charge in [-0.25, -0.2) is 4.39 Å². The summed E-state index contributed by atoms with van der Waals surface area (Å²) in [5.74, 6) is -1.49. The third-order valence-corrected chi connectivity index (χ3v) is 4.69. The Balaban J connectivity index is 2.01. The maximum absolute atomic E-state index is 14.2. The summed E-state index contributed by atoms with van der Waals surface area (Å²) in [6.45, 7) is 0. The van der Waals surface area contributed by atoms with E-state index >= 15 is 0 Å². The van der Waals surface area contributed by atoms with Gasteiger partial charge in [0.15, 0.2) is 0 Å². The van der Waals surface area contributed by atoms with E-state index in [9.17, 15) is 9.18 Å². The number of nitriles is 1. The van der Waals surface area contributed by atoms with Crippen molar-refractivity contribution in [3.63, 3.8) is 0 Å². The van der Waals surface area contributed by atoms with E-state index in [1.165, 1.54) is 24.4 Å². The van der Waals surface area contributed by atoms with Crippen LogP contribution in [0.3, 0.4) is 0 Å². The molecule has 0 saturated heterocycles. The maximum Gasteiger partial charge on any atom is 0.255 e. The van der Waals surface area contributed by atoms with Gasteiger partial charge in [-0.3, -0.25) is 9.78 Å². The lowest BCUT2D eigenvalue weighted by atomic mass is 10.0. The fourth-order valence-corrected chi connectivity index (χ4v) is 3.20. The first kappa shape index (κ1) is 20.1. The van der Waals surface area contributed by atoms with E-state index < -0.39 is 17.8 Å². The molecule has 0 saturated carbocycles. The molecule has 0 unspecified atom stereocenters. The third-order valence-electron chi connectivity index (χ3n) is 3.93. The van der Waals surface area contributed by atoms with E-state index in [2.05, 4.69) is 10.3 Å². The molecule has 3 rings (SSSR count). The van der Waals surface area contributed by atoms with Gasteiger partial charge in [-0.15, -0.1) is 0 Å². The van der Waals surface area contributed by atoms with Crippen LogP contribution in [0.2, 0.25) is 15.1 Å². The van der Waals surface area contributed by atoms with Crippen molar-refractivity contribution in [2.24, 2.45) is 0 Å². The number of carbonyl (C=O) groups is 1. The van der Waals surface area contributed by atoms with Crippen LogP contribution in [-0.2, 0) is 0 Å². The number of hydrogen-bond donors (Lipinski definition) is 1. The Bertz CT molecular complexity index is 1080. The van der Waals surface area contributed by atoms with Crippen molar-refractivity contribution in [2.75, 3.05) is 0 Å². The zero-order valence-corrected chi connectivity index (χ0v) is 16.4. The number of nitrogens with zero attached hydrogens (tertiary/aromatic N) is 2. The van der Waals surface area contributed by atoms with E-state index in [0.29, 0.717) is 21.3 Å². The summed E-state index contributed by atoms with van der Waals surface area (Å²) in [6, 6.07) is 12.9. The molecule has 1 N–H and O–H groups in total. The quantitative estimate of drug-likeness (QED) is 0.583. The summed E-state index contributed by atoms with van der Waals surface area (Å²) >= 11 is 18.1. The molecule has 1 atom stereocenters. The number of benzene rings is 2. The second kappa shape index (κ2) is 8.57. The van der Waals surface area contributed by atoms with Gasteiger partial charge >= 0.3 is 0 Å². The number of pyridine rings is 1. The van der Waals surface area contributed by atoms with Gasteiger partial charge in [0, 0.05) is 11.2 Å². The van der Waals surface area contributed by atoms with Crippen LogP contribution in [0.4, 0.5) is 4.39 Å². The van der Waals surface area contributed by atoms with Crippen LogP contribution in [0.25, 0.3) is 0 Å². The summed E-state index contributed by atoms with van der Waals surface area (Å²) in [5, 5.41) is 12.7. The molecule has 0 aliphatic rings. The molecule has 1 heterocycles.